The van der Waals surface area contributed by atoms with Crippen molar-refractivity contribution in [1.29, 1.82) is 0 Å². The molecule has 2 bridgehead atoms. The van der Waals surface area contributed by atoms with Gasteiger partial charge in [-0.3, -0.25) is 14.5 Å². The number of hydrogen-bond donors (Lipinski definition) is 2. The van der Waals surface area contributed by atoms with Crippen LogP contribution in [0, 0.1) is 23.7 Å². The van der Waals surface area contributed by atoms with Gasteiger partial charge in [0.25, 0.3) is 0 Å². The third kappa shape index (κ3) is 2.87. The Labute approximate surface area is 157 Å². The quantitative estimate of drug-likeness (QED) is 0.630. The van der Waals surface area contributed by atoms with E-state index in [0.29, 0.717) is 11.4 Å². The molecule has 142 valence electrons. The molecule has 1 heterocycles. The predicted octanol–water partition coefficient (Wildman–Crippen LogP) is 2.36. The van der Waals surface area contributed by atoms with Crippen LogP contribution in [0.15, 0.2) is 36.4 Å². The number of para-hydroxylation sites is 2. The van der Waals surface area contributed by atoms with Crippen LogP contribution in [0.5, 0.6) is 5.75 Å². The first-order chi connectivity index (χ1) is 13.0. The number of likely N-dealkylation sites (tertiary alicyclic amines) is 1. The number of urea groups is 1. The van der Waals surface area contributed by atoms with Crippen molar-refractivity contribution in [2.24, 2.45) is 23.7 Å². The third-order valence-corrected chi connectivity index (χ3v) is 5.88. The van der Waals surface area contributed by atoms with Crippen molar-refractivity contribution in [1.82, 2.24) is 10.2 Å². The molecular weight excluding hydrogens is 346 g/mol. The molecule has 5 rings (SSSR count). The van der Waals surface area contributed by atoms with Crippen molar-refractivity contribution >= 4 is 23.5 Å². The molecule has 1 saturated carbocycles. The topological polar surface area (TPSA) is 87.7 Å². The van der Waals surface area contributed by atoms with E-state index in [9.17, 15) is 14.4 Å². The van der Waals surface area contributed by atoms with Gasteiger partial charge in [-0.1, -0.05) is 24.3 Å². The number of methoxy groups -OCH3 is 1. The van der Waals surface area contributed by atoms with Gasteiger partial charge in [0.1, 0.15) is 11.9 Å². The maximum atomic E-state index is 12.9. The summed E-state index contributed by atoms with van der Waals surface area (Å²) in [4.78, 5) is 39.4. The van der Waals surface area contributed by atoms with Gasteiger partial charge in [0.15, 0.2) is 0 Å². The van der Waals surface area contributed by atoms with Crippen molar-refractivity contribution in [3.63, 3.8) is 0 Å². The molecule has 1 aliphatic heterocycles. The number of hydrogen-bond acceptors (Lipinski definition) is 4. The number of nitrogens with one attached hydrogen (secondary N) is 2. The minimum absolute atomic E-state index is 0.135. The number of anilines is 1. The van der Waals surface area contributed by atoms with E-state index < -0.39 is 12.2 Å². The summed E-state index contributed by atoms with van der Waals surface area (Å²) in [7, 11) is 1.52. The van der Waals surface area contributed by atoms with Gasteiger partial charge in [-0.05, 0) is 43.7 Å². The summed E-state index contributed by atoms with van der Waals surface area (Å²) in [6, 6.07) is 6.54. The van der Waals surface area contributed by atoms with Gasteiger partial charge in [-0.2, -0.15) is 0 Å². The zero-order chi connectivity index (χ0) is 19.1. The number of rotatable bonds is 4. The summed E-state index contributed by atoms with van der Waals surface area (Å²) >= 11 is 0. The molecule has 0 unspecified atom stereocenters. The number of imide groups is 1. The summed E-state index contributed by atoms with van der Waals surface area (Å²) in [6.07, 6.45) is 5.34. The highest BCUT2D eigenvalue weighted by Crippen LogP contribution is 2.49. The second-order valence-electron chi connectivity index (χ2n) is 7.36. The van der Waals surface area contributed by atoms with Crippen LogP contribution in [-0.2, 0) is 9.59 Å². The van der Waals surface area contributed by atoms with Crippen LogP contribution in [0.2, 0.25) is 0 Å². The van der Waals surface area contributed by atoms with E-state index in [1.807, 2.05) is 0 Å². The molecule has 4 amide bonds. The van der Waals surface area contributed by atoms with Crippen molar-refractivity contribution < 1.29 is 19.1 Å². The molecule has 3 aliphatic carbocycles. The predicted molar refractivity (Wildman–Crippen MR) is 98.8 cm³/mol. The van der Waals surface area contributed by atoms with Crippen LogP contribution in [0.25, 0.3) is 0 Å². The SMILES string of the molecule is COc1ccccc1NC(=O)N[C@H](C)N1C(=O)[C@H]2[C@H](C1=O)[C@H]1C=C[C@H]2CC1. The Balaban J connectivity index is 1.45. The zero-order valence-electron chi connectivity index (χ0n) is 15.3. The standard InChI is InChI=1S/C20H23N3O4/c1-11(21-20(26)22-14-5-3-4-6-15(14)27-2)23-18(24)16-12-7-8-13(10-9-12)17(16)19(23)25/h3-8,11-13,16-17H,9-10H2,1-2H3,(H2,21,22,26)/t11-,12-,13-,16+,17+/m0/s1. The molecule has 2 fully saturated rings. The van der Waals surface area contributed by atoms with Crippen molar-refractivity contribution in [3.05, 3.63) is 36.4 Å². The number of amides is 4. The monoisotopic (exact) mass is 369 g/mol. The molecular formula is C20H23N3O4. The van der Waals surface area contributed by atoms with E-state index in [4.69, 9.17) is 4.74 Å². The number of nitrogens with zero attached hydrogens (tertiary/aromatic N) is 1. The molecule has 0 aromatic heterocycles. The summed E-state index contributed by atoms with van der Waals surface area (Å²) in [6.45, 7) is 1.66. The highest BCUT2D eigenvalue weighted by atomic mass is 16.5. The number of fused-ring (bicyclic) bond motifs is 1. The van der Waals surface area contributed by atoms with Gasteiger partial charge in [0.05, 0.1) is 24.6 Å². The maximum Gasteiger partial charge on any atom is 0.320 e. The van der Waals surface area contributed by atoms with Crippen LogP contribution < -0.4 is 15.4 Å². The first-order valence-corrected chi connectivity index (χ1v) is 9.27. The molecule has 7 nitrogen and oxygen atoms in total. The lowest BCUT2D eigenvalue weighted by Gasteiger charge is -2.38. The summed E-state index contributed by atoms with van der Waals surface area (Å²) in [5.41, 5.74) is 0.514. The lowest BCUT2D eigenvalue weighted by atomic mass is 9.63. The lowest BCUT2D eigenvalue weighted by molar-refractivity contribution is -0.142. The molecule has 1 aromatic carbocycles. The van der Waals surface area contributed by atoms with Gasteiger partial charge < -0.3 is 15.4 Å². The second-order valence-corrected chi connectivity index (χ2v) is 7.36. The van der Waals surface area contributed by atoms with Crippen LogP contribution >= 0.6 is 0 Å². The fraction of sp³-hybridized carbons (Fsp3) is 0.450. The largest absolute Gasteiger partial charge is 0.495 e. The minimum atomic E-state index is -0.718. The Morgan fingerprint density at radius 1 is 1.11 bits per heavy atom. The van der Waals surface area contributed by atoms with Gasteiger partial charge in [0, 0.05) is 0 Å². The summed E-state index contributed by atoms with van der Waals surface area (Å²) in [5.74, 6) is -0.0942. The summed E-state index contributed by atoms with van der Waals surface area (Å²) < 4.78 is 5.21. The normalized spacial score (nSPS) is 29.5. The van der Waals surface area contributed by atoms with Crippen LogP contribution in [0.3, 0.4) is 0 Å². The Morgan fingerprint density at radius 3 is 2.26 bits per heavy atom. The van der Waals surface area contributed by atoms with E-state index >= 15 is 0 Å². The fourth-order valence-electron chi connectivity index (χ4n) is 4.64. The van der Waals surface area contributed by atoms with Gasteiger partial charge in [-0.15, -0.1) is 0 Å². The van der Waals surface area contributed by atoms with Crippen molar-refractivity contribution in [3.8, 4) is 5.75 Å². The van der Waals surface area contributed by atoms with Crippen LogP contribution in [-0.4, -0.2) is 36.0 Å². The third-order valence-electron chi connectivity index (χ3n) is 5.88. The van der Waals surface area contributed by atoms with Crippen molar-refractivity contribution in [2.75, 3.05) is 12.4 Å². The molecule has 1 saturated heterocycles. The Bertz CT molecular complexity index is 789. The van der Waals surface area contributed by atoms with E-state index in [0.717, 1.165) is 12.8 Å². The molecule has 0 spiro atoms. The van der Waals surface area contributed by atoms with E-state index in [1.54, 1.807) is 31.2 Å². The number of carbonyl (C=O) groups is 3. The first kappa shape index (κ1) is 17.6. The fourth-order valence-corrected chi connectivity index (χ4v) is 4.64. The van der Waals surface area contributed by atoms with E-state index in [1.165, 1.54) is 12.0 Å². The van der Waals surface area contributed by atoms with Gasteiger partial charge >= 0.3 is 6.03 Å². The molecule has 2 N–H and O–H groups in total. The molecule has 27 heavy (non-hydrogen) atoms. The number of ether oxygens (including phenoxy) is 1. The van der Waals surface area contributed by atoms with Gasteiger partial charge in [-0.25, -0.2) is 4.79 Å². The Morgan fingerprint density at radius 2 is 1.70 bits per heavy atom. The van der Waals surface area contributed by atoms with E-state index in [-0.39, 0.29) is 35.5 Å². The van der Waals surface area contributed by atoms with Gasteiger partial charge in [0.2, 0.25) is 11.8 Å². The highest BCUT2D eigenvalue weighted by molar-refractivity contribution is 6.06. The van der Waals surface area contributed by atoms with E-state index in [2.05, 4.69) is 22.8 Å². The van der Waals surface area contributed by atoms with Crippen LogP contribution in [0.1, 0.15) is 19.8 Å². The minimum Gasteiger partial charge on any atom is -0.495 e. The molecule has 7 heteroatoms. The second kappa shape index (κ2) is 6.72. The number of carbonyl (C=O) groups excluding carboxylic acids is 3. The molecule has 4 aliphatic rings. The lowest BCUT2D eigenvalue weighted by Crippen LogP contribution is -2.50. The highest BCUT2D eigenvalue weighted by Gasteiger charge is 2.57. The first-order valence-electron chi connectivity index (χ1n) is 9.27. The van der Waals surface area contributed by atoms with Crippen molar-refractivity contribution in [2.45, 2.75) is 25.9 Å². The molecule has 1 aromatic rings. The smallest absolute Gasteiger partial charge is 0.320 e. The average Bonchev–Trinajstić information content (AvgIpc) is 2.96. The molecule has 0 radical (unpaired) electrons. The number of benzene rings is 1. The Kier molecular flexibility index (Phi) is 4.37. The zero-order valence-corrected chi connectivity index (χ0v) is 15.3. The average molecular weight is 369 g/mol. The maximum absolute atomic E-state index is 12.9. The Hall–Kier alpha value is -2.83. The summed E-state index contributed by atoms with van der Waals surface area (Å²) in [5, 5.41) is 5.40. The molecule has 5 atom stereocenters. The number of allylic oxidation sites excluding steroid dienone is 2. The van der Waals surface area contributed by atoms with Crippen LogP contribution in [0.4, 0.5) is 10.5 Å².